The topological polar surface area (TPSA) is 60.0 Å². The Hall–Kier alpha value is -2.98. The van der Waals surface area contributed by atoms with Gasteiger partial charge in [-0.2, -0.15) is 10.5 Å². The van der Waals surface area contributed by atoms with Gasteiger partial charge in [0.2, 0.25) is 0 Å². The first-order valence-electron chi connectivity index (χ1n) is 7.54. The number of nitriles is 2. The zero-order valence-corrected chi connectivity index (χ0v) is 13.6. The standard InChI is InChI=1S/C19H19N3O/c1-4-8-23-19-7-5-6-18(11-19)22-14(2)9-16(10-15(22)3)17(12-20)13-21/h5-7,9-11H,4,8H2,1-3H3. The Morgan fingerprint density at radius 3 is 2.35 bits per heavy atom. The molecule has 0 saturated carbocycles. The SMILES string of the molecule is CCCOc1cccc(N2C(C)=CC(=C(C#N)C#N)C=C2C)c1. The number of benzene rings is 1. The van der Waals surface area contributed by atoms with Crippen molar-refractivity contribution in [2.24, 2.45) is 0 Å². The molecule has 4 heteroatoms. The van der Waals surface area contributed by atoms with Crippen LogP contribution in [-0.4, -0.2) is 6.61 Å². The van der Waals surface area contributed by atoms with E-state index < -0.39 is 0 Å². The summed E-state index contributed by atoms with van der Waals surface area (Å²) in [6.07, 6.45) is 4.67. The lowest BCUT2D eigenvalue weighted by Gasteiger charge is -2.30. The van der Waals surface area contributed by atoms with E-state index in [1.165, 1.54) is 0 Å². The van der Waals surface area contributed by atoms with E-state index in [4.69, 9.17) is 15.3 Å². The summed E-state index contributed by atoms with van der Waals surface area (Å²) in [5.74, 6) is 0.834. The Balaban J connectivity index is 2.38. The monoisotopic (exact) mass is 305 g/mol. The van der Waals surface area contributed by atoms with Gasteiger partial charge in [-0.3, -0.25) is 0 Å². The van der Waals surface area contributed by atoms with E-state index in [2.05, 4.69) is 11.8 Å². The number of ether oxygens (including phenoxy) is 1. The minimum Gasteiger partial charge on any atom is -0.494 e. The molecule has 116 valence electrons. The van der Waals surface area contributed by atoms with Crippen LogP contribution < -0.4 is 9.64 Å². The maximum Gasteiger partial charge on any atom is 0.137 e. The smallest absolute Gasteiger partial charge is 0.137 e. The van der Waals surface area contributed by atoms with Crippen molar-refractivity contribution in [3.8, 4) is 17.9 Å². The molecule has 1 aliphatic heterocycles. The number of hydrogen-bond donors (Lipinski definition) is 0. The second-order valence-corrected chi connectivity index (χ2v) is 5.31. The van der Waals surface area contributed by atoms with Crippen molar-refractivity contribution in [2.75, 3.05) is 11.5 Å². The largest absolute Gasteiger partial charge is 0.494 e. The van der Waals surface area contributed by atoms with Crippen LogP contribution in [-0.2, 0) is 0 Å². The summed E-state index contributed by atoms with van der Waals surface area (Å²) in [5.41, 5.74) is 3.69. The average Bonchev–Trinajstić information content (AvgIpc) is 2.54. The van der Waals surface area contributed by atoms with Gasteiger partial charge in [0.25, 0.3) is 0 Å². The molecule has 0 amide bonds. The van der Waals surface area contributed by atoms with E-state index >= 15 is 0 Å². The fraction of sp³-hybridized carbons (Fsp3) is 0.263. The molecule has 0 unspecified atom stereocenters. The summed E-state index contributed by atoms with van der Waals surface area (Å²) in [6, 6.07) is 11.8. The number of hydrogen-bond acceptors (Lipinski definition) is 4. The number of anilines is 1. The van der Waals surface area contributed by atoms with Crippen molar-refractivity contribution in [3.05, 3.63) is 59.0 Å². The Labute approximate surface area is 137 Å². The first-order chi connectivity index (χ1) is 11.1. The molecule has 0 bridgehead atoms. The molecule has 1 heterocycles. The highest BCUT2D eigenvalue weighted by molar-refractivity contribution is 5.66. The van der Waals surface area contributed by atoms with Gasteiger partial charge in [0.15, 0.2) is 0 Å². The minimum absolute atomic E-state index is 0.128. The van der Waals surface area contributed by atoms with Crippen molar-refractivity contribution < 1.29 is 4.74 Å². The fourth-order valence-corrected chi connectivity index (χ4v) is 2.54. The highest BCUT2D eigenvalue weighted by Crippen LogP contribution is 2.32. The van der Waals surface area contributed by atoms with Crippen LogP contribution in [0.1, 0.15) is 27.2 Å². The molecule has 4 nitrogen and oxygen atoms in total. The van der Waals surface area contributed by atoms with Crippen LogP contribution in [0.15, 0.2) is 59.0 Å². The normalized spacial score (nSPS) is 13.6. The molecule has 0 fully saturated rings. The minimum atomic E-state index is 0.128. The van der Waals surface area contributed by atoms with Crippen LogP contribution in [0.2, 0.25) is 0 Å². The van der Waals surface area contributed by atoms with Crippen LogP contribution in [0.3, 0.4) is 0 Å². The Kier molecular flexibility index (Phi) is 5.23. The molecular weight excluding hydrogens is 286 g/mol. The molecule has 0 aliphatic carbocycles. The predicted octanol–water partition coefficient (Wildman–Crippen LogP) is 4.45. The van der Waals surface area contributed by atoms with Crippen LogP contribution in [0.5, 0.6) is 5.75 Å². The molecule has 0 radical (unpaired) electrons. The van der Waals surface area contributed by atoms with E-state index in [-0.39, 0.29) is 5.57 Å². The second-order valence-electron chi connectivity index (χ2n) is 5.31. The van der Waals surface area contributed by atoms with E-state index in [9.17, 15) is 0 Å². The third-order valence-corrected chi connectivity index (χ3v) is 3.50. The van der Waals surface area contributed by atoms with Gasteiger partial charge in [-0.15, -0.1) is 0 Å². The predicted molar refractivity (Wildman–Crippen MR) is 90.5 cm³/mol. The molecule has 1 aromatic carbocycles. The van der Waals surface area contributed by atoms with Gasteiger partial charge in [-0.05, 0) is 44.6 Å². The van der Waals surface area contributed by atoms with Gasteiger partial charge < -0.3 is 9.64 Å². The zero-order valence-electron chi connectivity index (χ0n) is 13.6. The molecule has 0 atom stereocenters. The first-order valence-corrected chi connectivity index (χ1v) is 7.54. The molecular formula is C19H19N3O. The van der Waals surface area contributed by atoms with Crippen LogP contribution in [0, 0.1) is 22.7 Å². The Bertz CT molecular complexity index is 735. The molecule has 2 rings (SSSR count). The third kappa shape index (κ3) is 3.62. The fourth-order valence-electron chi connectivity index (χ4n) is 2.54. The van der Waals surface area contributed by atoms with Crippen LogP contribution in [0.4, 0.5) is 5.69 Å². The summed E-state index contributed by atoms with van der Waals surface area (Å²) in [6.45, 7) is 6.68. The summed E-state index contributed by atoms with van der Waals surface area (Å²) in [4.78, 5) is 2.08. The molecule has 23 heavy (non-hydrogen) atoms. The summed E-state index contributed by atoms with van der Waals surface area (Å²) < 4.78 is 5.69. The highest BCUT2D eigenvalue weighted by atomic mass is 16.5. The zero-order chi connectivity index (χ0) is 16.8. The van der Waals surface area contributed by atoms with Crippen molar-refractivity contribution >= 4 is 5.69 Å². The van der Waals surface area contributed by atoms with E-state index in [0.29, 0.717) is 12.2 Å². The van der Waals surface area contributed by atoms with Crippen molar-refractivity contribution in [3.63, 3.8) is 0 Å². The van der Waals surface area contributed by atoms with Gasteiger partial charge in [0, 0.05) is 28.7 Å². The summed E-state index contributed by atoms with van der Waals surface area (Å²) in [5, 5.41) is 18.1. The second kappa shape index (κ2) is 7.33. The van der Waals surface area contributed by atoms with Crippen LogP contribution >= 0.6 is 0 Å². The molecule has 1 aromatic rings. The van der Waals surface area contributed by atoms with Crippen molar-refractivity contribution in [1.82, 2.24) is 0 Å². The van der Waals surface area contributed by atoms with E-state index in [0.717, 1.165) is 29.3 Å². The lowest BCUT2D eigenvalue weighted by molar-refractivity contribution is 0.317. The van der Waals surface area contributed by atoms with Crippen molar-refractivity contribution in [2.45, 2.75) is 27.2 Å². The Morgan fingerprint density at radius 1 is 1.13 bits per heavy atom. The third-order valence-electron chi connectivity index (χ3n) is 3.50. The lowest BCUT2D eigenvalue weighted by atomic mass is 10.0. The van der Waals surface area contributed by atoms with Gasteiger partial charge >= 0.3 is 0 Å². The maximum absolute atomic E-state index is 9.03. The molecule has 0 aromatic heterocycles. The first kappa shape index (κ1) is 16.4. The van der Waals surface area contributed by atoms with Gasteiger partial charge in [0.1, 0.15) is 23.5 Å². The highest BCUT2D eigenvalue weighted by Gasteiger charge is 2.17. The molecule has 0 N–H and O–H groups in total. The molecule has 0 spiro atoms. The molecule has 1 aliphatic rings. The van der Waals surface area contributed by atoms with Gasteiger partial charge in [0.05, 0.1) is 6.61 Å². The summed E-state index contributed by atoms with van der Waals surface area (Å²) >= 11 is 0. The Morgan fingerprint density at radius 2 is 1.78 bits per heavy atom. The quantitative estimate of drug-likeness (QED) is 0.771. The van der Waals surface area contributed by atoms with E-state index in [1.807, 2.05) is 62.4 Å². The van der Waals surface area contributed by atoms with Gasteiger partial charge in [-0.1, -0.05) is 13.0 Å². The van der Waals surface area contributed by atoms with Gasteiger partial charge in [-0.25, -0.2) is 0 Å². The van der Waals surface area contributed by atoms with Crippen LogP contribution in [0.25, 0.3) is 0 Å². The number of rotatable bonds is 4. The summed E-state index contributed by atoms with van der Waals surface area (Å²) in [7, 11) is 0. The van der Waals surface area contributed by atoms with Crippen molar-refractivity contribution in [1.29, 1.82) is 10.5 Å². The number of allylic oxidation sites excluding steroid dienone is 6. The van der Waals surface area contributed by atoms with E-state index in [1.54, 1.807) is 0 Å². The lowest BCUT2D eigenvalue weighted by Crippen LogP contribution is -2.21. The average molecular weight is 305 g/mol. The number of nitrogens with zero attached hydrogens (tertiary/aromatic N) is 3. The maximum atomic E-state index is 9.03. The molecule has 0 saturated heterocycles.